The van der Waals surface area contributed by atoms with Gasteiger partial charge in [0.2, 0.25) is 0 Å². The molecule has 2 heterocycles. The van der Waals surface area contributed by atoms with Crippen molar-refractivity contribution < 1.29 is 4.42 Å². The Morgan fingerprint density at radius 1 is 1.00 bits per heavy atom. The summed E-state index contributed by atoms with van der Waals surface area (Å²) >= 11 is 11.3. The number of nitrogens with one attached hydrogen (secondary N) is 3. The van der Waals surface area contributed by atoms with Gasteiger partial charge in [-0.15, -0.1) is 0 Å². The van der Waals surface area contributed by atoms with Crippen LogP contribution in [0.4, 0.5) is 17.2 Å². The van der Waals surface area contributed by atoms with Gasteiger partial charge in [-0.25, -0.2) is 4.98 Å². The number of hydrogen-bond acceptors (Lipinski definition) is 4. The molecule has 0 saturated carbocycles. The van der Waals surface area contributed by atoms with E-state index in [9.17, 15) is 0 Å². The van der Waals surface area contributed by atoms with Crippen molar-refractivity contribution in [1.29, 1.82) is 0 Å². The monoisotopic (exact) mass is 448 g/mol. The summed E-state index contributed by atoms with van der Waals surface area (Å²) in [4.78, 5) is 4.44. The number of pyridine rings is 1. The number of aryl methyl sites for hydroxylation is 1. The Kier molecular flexibility index (Phi) is 6.50. The van der Waals surface area contributed by atoms with Crippen molar-refractivity contribution in [3.8, 4) is 11.3 Å². The molecule has 2 aromatic heterocycles. The molecule has 0 spiro atoms. The van der Waals surface area contributed by atoms with Gasteiger partial charge in [-0.05, 0) is 79.3 Å². The predicted molar refractivity (Wildman–Crippen MR) is 131 cm³/mol. The summed E-state index contributed by atoms with van der Waals surface area (Å²) in [5, 5.41) is 10.8. The highest BCUT2D eigenvalue weighted by atomic mass is 35.5. The molecular formula is C24H21ClN4OS. The van der Waals surface area contributed by atoms with Crippen molar-refractivity contribution in [1.82, 2.24) is 10.3 Å². The van der Waals surface area contributed by atoms with Gasteiger partial charge in [0.05, 0.1) is 18.4 Å². The molecule has 0 aliphatic carbocycles. The number of halogens is 1. The fraction of sp³-hybridized carbons (Fsp3) is 0.0833. The summed E-state index contributed by atoms with van der Waals surface area (Å²) in [6.45, 7) is 2.53. The fourth-order valence-electron chi connectivity index (χ4n) is 2.98. The van der Waals surface area contributed by atoms with Crippen LogP contribution in [0.1, 0.15) is 11.3 Å². The van der Waals surface area contributed by atoms with E-state index in [-0.39, 0.29) is 0 Å². The predicted octanol–water partition coefficient (Wildman–Crippen LogP) is 6.53. The van der Waals surface area contributed by atoms with Gasteiger partial charge in [-0.2, -0.15) is 0 Å². The van der Waals surface area contributed by atoms with Gasteiger partial charge < -0.3 is 20.4 Å². The molecule has 0 aliphatic heterocycles. The first-order valence-corrected chi connectivity index (χ1v) is 10.5. The smallest absolute Gasteiger partial charge is 0.171 e. The number of para-hydroxylation sites is 1. The lowest BCUT2D eigenvalue weighted by molar-refractivity contribution is 0.516. The van der Waals surface area contributed by atoms with Gasteiger partial charge in [0, 0.05) is 16.3 Å². The molecule has 4 rings (SSSR count). The second kappa shape index (κ2) is 9.64. The van der Waals surface area contributed by atoms with E-state index in [1.807, 2.05) is 66.7 Å². The molecule has 156 valence electrons. The van der Waals surface area contributed by atoms with Crippen molar-refractivity contribution in [2.24, 2.45) is 0 Å². The molecule has 5 nitrogen and oxygen atoms in total. The number of hydrogen-bond donors (Lipinski definition) is 3. The number of rotatable bonds is 6. The fourth-order valence-corrected chi connectivity index (χ4v) is 3.29. The molecule has 3 N–H and O–H groups in total. The van der Waals surface area contributed by atoms with E-state index in [4.69, 9.17) is 28.2 Å². The van der Waals surface area contributed by atoms with E-state index < -0.39 is 0 Å². The molecule has 0 aliphatic rings. The van der Waals surface area contributed by atoms with Crippen LogP contribution in [-0.2, 0) is 6.54 Å². The molecule has 0 atom stereocenters. The zero-order chi connectivity index (χ0) is 21.6. The maximum atomic E-state index is 5.94. The van der Waals surface area contributed by atoms with Gasteiger partial charge in [0.1, 0.15) is 17.3 Å². The largest absolute Gasteiger partial charge is 0.459 e. The van der Waals surface area contributed by atoms with Gasteiger partial charge in [0.25, 0.3) is 0 Å². The first kappa shape index (κ1) is 20.9. The number of benzene rings is 2. The zero-order valence-electron chi connectivity index (χ0n) is 16.9. The van der Waals surface area contributed by atoms with E-state index >= 15 is 0 Å². The Bertz CT molecular complexity index is 1170. The summed E-state index contributed by atoms with van der Waals surface area (Å²) < 4.78 is 5.88. The highest BCUT2D eigenvalue weighted by molar-refractivity contribution is 7.80. The van der Waals surface area contributed by atoms with E-state index in [2.05, 4.69) is 33.9 Å². The molecule has 0 radical (unpaired) electrons. The summed E-state index contributed by atoms with van der Waals surface area (Å²) in [6, 6.07) is 23.3. The minimum atomic E-state index is 0.472. The third-order valence-corrected chi connectivity index (χ3v) is 5.14. The Hall–Kier alpha value is -3.35. The summed E-state index contributed by atoms with van der Waals surface area (Å²) in [7, 11) is 0. The zero-order valence-corrected chi connectivity index (χ0v) is 18.4. The van der Waals surface area contributed by atoms with Crippen molar-refractivity contribution in [2.45, 2.75) is 13.5 Å². The summed E-state index contributed by atoms with van der Waals surface area (Å²) in [5.41, 5.74) is 3.97. The number of thiocarbonyl (C=S) groups is 1. The lowest BCUT2D eigenvalue weighted by Crippen LogP contribution is -2.27. The van der Waals surface area contributed by atoms with Crippen LogP contribution in [0.5, 0.6) is 0 Å². The number of anilines is 3. The van der Waals surface area contributed by atoms with Crippen LogP contribution in [0.15, 0.2) is 83.4 Å². The maximum Gasteiger partial charge on any atom is 0.171 e. The van der Waals surface area contributed by atoms with Crippen LogP contribution in [0.25, 0.3) is 11.3 Å². The van der Waals surface area contributed by atoms with Gasteiger partial charge in [0.15, 0.2) is 5.11 Å². The average molecular weight is 449 g/mol. The van der Waals surface area contributed by atoms with Crippen molar-refractivity contribution in [3.05, 3.63) is 95.3 Å². The molecule has 0 fully saturated rings. The highest BCUT2D eigenvalue weighted by Gasteiger charge is 2.06. The van der Waals surface area contributed by atoms with E-state index in [0.29, 0.717) is 16.7 Å². The van der Waals surface area contributed by atoms with Crippen LogP contribution in [0.2, 0.25) is 5.02 Å². The average Bonchev–Trinajstić information content (AvgIpc) is 3.25. The second-order valence-corrected chi connectivity index (χ2v) is 7.80. The Morgan fingerprint density at radius 3 is 2.55 bits per heavy atom. The first-order chi connectivity index (χ1) is 15.1. The topological polar surface area (TPSA) is 62.1 Å². The molecular weight excluding hydrogens is 428 g/mol. The molecule has 7 heteroatoms. The normalized spacial score (nSPS) is 10.5. The minimum absolute atomic E-state index is 0.472. The van der Waals surface area contributed by atoms with Crippen LogP contribution in [-0.4, -0.2) is 10.1 Å². The summed E-state index contributed by atoms with van der Waals surface area (Å²) in [5.74, 6) is 2.34. The molecule has 4 aromatic rings. The number of furan rings is 1. The number of aromatic nitrogens is 1. The Balaban J connectivity index is 1.29. The van der Waals surface area contributed by atoms with Crippen molar-refractivity contribution >= 4 is 46.1 Å². The van der Waals surface area contributed by atoms with Crippen LogP contribution < -0.4 is 16.0 Å². The molecule has 0 bridgehead atoms. The lowest BCUT2D eigenvalue weighted by atomic mass is 10.2. The lowest BCUT2D eigenvalue weighted by Gasteiger charge is -2.11. The van der Waals surface area contributed by atoms with E-state index in [1.54, 1.807) is 6.20 Å². The van der Waals surface area contributed by atoms with Crippen LogP contribution in [0, 0.1) is 6.92 Å². The Labute approximate surface area is 191 Å². The molecule has 0 unspecified atom stereocenters. The van der Waals surface area contributed by atoms with Gasteiger partial charge in [-0.1, -0.05) is 29.8 Å². The number of nitrogens with zero attached hydrogens (tertiary/aromatic N) is 1. The molecule has 0 saturated heterocycles. The maximum absolute atomic E-state index is 5.94. The van der Waals surface area contributed by atoms with Crippen molar-refractivity contribution in [2.75, 3.05) is 10.6 Å². The van der Waals surface area contributed by atoms with Crippen LogP contribution >= 0.6 is 23.8 Å². The third kappa shape index (κ3) is 5.63. The van der Waals surface area contributed by atoms with E-state index in [1.165, 1.54) is 0 Å². The second-order valence-electron chi connectivity index (χ2n) is 6.95. The quantitative estimate of drug-likeness (QED) is 0.291. The van der Waals surface area contributed by atoms with E-state index in [0.717, 1.165) is 39.8 Å². The highest BCUT2D eigenvalue weighted by Crippen LogP contribution is 2.24. The van der Waals surface area contributed by atoms with Crippen molar-refractivity contribution in [3.63, 3.8) is 0 Å². The van der Waals surface area contributed by atoms with Crippen LogP contribution in [0.3, 0.4) is 0 Å². The molecule has 0 amide bonds. The van der Waals surface area contributed by atoms with Gasteiger partial charge in [-0.3, -0.25) is 0 Å². The minimum Gasteiger partial charge on any atom is -0.459 e. The third-order valence-electron chi connectivity index (χ3n) is 4.64. The van der Waals surface area contributed by atoms with Gasteiger partial charge >= 0.3 is 0 Å². The SMILES string of the molecule is Cc1ccccc1Nc1ccc(NC(=S)NCc2ccc(-c3ccc(Cl)cc3)o2)cn1. The Morgan fingerprint density at radius 2 is 1.81 bits per heavy atom. The molecule has 2 aromatic carbocycles. The molecule has 31 heavy (non-hydrogen) atoms. The first-order valence-electron chi connectivity index (χ1n) is 9.75. The summed E-state index contributed by atoms with van der Waals surface area (Å²) in [6.07, 6.45) is 1.74. The standard InChI is InChI=1S/C24H21ClN4OS/c1-16-4-2-3-5-21(16)29-23-13-10-19(14-26-23)28-24(31)27-15-20-11-12-22(30-20)17-6-8-18(25)9-7-17/h2-14H,15H2,1H3,(H,26,29)(H2,27,28,31).